The van der Waals surface area contributed by atoms with E-state index in [1.807, 2.05) is 38.1 Å². The third-order valence-corrected chi connectivity index (χ3v) is 4.92. The summed E-state index contributed by atoms with van der Waals surface area (Å²) in [6.07, 6.45) is 4.54. The predicted octanol–water partition coefficient (Wildman–Crippen LogP) is 3.91. The molecule has 0 unspecified atom stereocenters. The zero-order valence-electron chi connectivity index (χ0n) is 17.1. The van der Waals surface area contributed by atoms with Crippen molar-refractivity contribution >= 4 is 17.5 Å². The van der Waals surface area contributed by atoms with Crippen molar-refractivity contribution in [2.24, 2.45) is 0 Å². The summed E-state index contributed by atoms with van der Waals surface area (Å²) in [6.45, 7) is 3.77. The number of anilines is 1. The molecule has 0 spiro atoms. The minimum absolute atomic E-state index is 0.206. The second-order valence-corrected chi connectivity index (χ2v) is 7.09. The van der Waals surface area contributed by atoms with Crippen LogP contribution in [0.3, 0.4) is 0 Å². The van der Waals surface area contributed by atoms with Crippen molar-refractivity contribution in [3.05, 3.63) is 96.0 Å². The summed E-state index contributed by atoms with van der Waals surface area (Å²) in [5.74, 6) is -0.398. The highest BCUT2D eigenvalue weighted by molar-refractivity contribution is 6.04. The molecule has 0 fully saturated rings. The Kier molecular flexibility index (Phi) is 5.61. The van der Waals surface area contributed by atoms with Gasteiger partial charge in [0.15, 0.2) is 5.76 Å². The van der Waals surface area contributed by atoms with Gasteiger partial charge in [0.1, 0.15) is 12.7 Å². The lowest BCUT2D eigenvalue weighted by Gasteiger charge is -2.16. The molecule has 4 rings (SSSR count). The van der Waals surface area contributed by atoms with Crippen molar-refractivity contribution in [2.45, 2.75) is 19.9 Å². The first kappa shape index (κ1) is 20.1. The molecule has 31 heavy (non-hydrogen) atoms. The second-order valence-electron chi connectivity index (χ2n) is 7.09. The van der Waals surface area contributed by atoms with Crippen LogP contribution in [0, 0.1) is 6.92 Å². The van der Waals surface area contributed by atoms with Crippen LogP contribution >= 0.6 is 0 Å². The van der Waals surface area contributed by atoms with Gasteiger partial charge in [-0.15, -0.1) is 0 Å². The molecule has 4 aromatic rings. The Labute approximate surface area is 178 Å². The van der Waals surface area contributed by atoms with Gasteiger partial charge in [-0.05, 0) is 61.4 Å². The Morgan fingerprint density at radius 2 is 1.87 bits per heavy atom. The lowest BCUT2D eigenvalue weighted by atomic mass is 10.1. The van der Waals surface area contributed by atoms with Crippen LogP contribution in [0.1, 0.15) is 45.0 Å². The van der Waals surface area contributed by atoms with Gasteiger partial charge < -0.3 is 15.1 Å². The molecule has 2 N–H and O–H groups in total. The van der Waals surface area contributed by atoms with E-state index in [9.17, 15) is 9.59 Å². The van der Waals surface area contributed by atoms with Crippen LogP contribution in [-0.2, 0) is 0 Å². The third-order valence-electron chi connectivity index (χ3n) is 4.92. The number of benzene rings is 2. The van der Waals surface area contributed by atoms with Crippen LogP contribution < -0.4 is 10.6 Å². The Bertz CT molecular complexity index is 1180. The maximum absolute atomic E-state index is 12.8. The van der Waals surface area contributed by atoms with Crippen LogP contribution in [0.4, 0.5) is 5.69 Å². The molecular formula is C23H21N5O3. The molecule has 0 radical (unpaired) electrons. The molecule has 8 heteroatoms. The summed E-state index contributed by atoms with van der Waals surface area (Å²) in [5.41, 5.74) is 3.68. The van der Waals surface area contributed by atoms with Crippen LogP contribution in [0.2, 0.25) is 0 Å². The zero-order valence-corrected chi connectivity index (χ0v) is 17.1. The first-order valence-electron chi connectivity index (χ1n) is 9.72. The Morgan fingerprint density at radius 1 is 1.06 bits per heavy atom. The highest BCUT2D eigenvalue weighted by Crippen LogP contribution is 2.20. The summed E-state index contributed by atoms with van der Waals surface area (Å²) in [4.78, 5) is 29.0. The number of aromatic nitrogens is 3. The van der Waals surface area contributed by atoms with Crippen molar-refractivity contribution in [3.8, 4) is 5.69 Å². The number of amides is 2. The Hall–Kier alpha value is -4.20. The fraction of sp³-hybridized carbons (Fsp3) is 0.130. The van der Waals surface area contributed by atoms with Gasteiger partial charge >= 0.3 is 0 Å². The molecule has 8 nitrogen and oxygen atoms in total. The normalized spacial score (nSPS) is 11.7. The van der Waals surface area contributed by atoms with E-state index < -0.39 is 0 Å². The average Bonchev–Trinajstić information content (AvgIpc) is 3.50. The third kappa shape index (κ3) is 4.53. The summed E-state index contributed by atoms with van der Waals surface area (Å²) < 4.78 is 6.78. The molecule has 2 aromatic heterocycles. The van der Waals surface area contributed by atoms with Crippen molar-refractivity contribution in [2.75, 3.05) is 5.32 Å². The SMILES string of the molecule is Cc1ccc(C(=O)N[C@@H](C)c2ccc(-n3cncn3)cc2)cc1NC(=O)c1ccco1. The molecule has 1 atom stereocenters. The predicted molar refractivity (Wildman–Crippen MR) is 115 cm³/mol. The van der Waals surface area contributed by atoms with Crippen molar-refractivity contribution in [1.29, 1.82) is 0 Å². The summed E-state index contributed by atoms with van der Waals surface area (Å²) in [7, 11) is 0. The zero-order chi connectivity index (χ0) is 21.8. The van der Waals surface area contributed by atoms with Gasteiger partial charge in [-0.1, -0.05) is 18.2 Å². The molecule has 0 aliphatic carbocycles. The first-order chi connectivity index (χ1) is 15.0. The molecule has 0 saturated heterocycles. The van der Waals surface area contributed by atoms with Gasteiger partial charge in [0, 0.05) is 11.3 Å². The summed E-state index contributed by atoms with van der Waals surface area (Å²) in [5, 5.41) is 9.88. The molecule has 0 aliphatic heterocycles. The van der Waals surface area contributed by atoms with Crippen molar-refractivity contribution in [3.63, 3.8) is 0 Å². The number of hydrogen-bond donors (Lipinski definition) is 2. The molecule has 156 valence electrons. The van der Waals surface area contributed by atoms with E-state index in [1.54, 1.807) is 41.3 Å². The molecule has 0 saturated carbocycles. The molecule has 2 amide bonds. The quantitative estimate of drug-likeness (QED) is 0.497. The lowest BCUT2D eigenvalue weighted by Crippen LogP contribution is -2.26. The van der Waals surface area contributed by atoms with E-state index in [0.29, 0.717) is 11.3 Å². The van der Waals surface area contributed by atoms with E-state index in [2.05, 4.69) is 20.7 Å². The van der Waals surface area contributed by atoms with Crippen molar-refractivity contribution in [1.82, 2.24) is 20.1 Å². The number of carbonyl (C=O) groups excluding carboxylic acids is 2. The second kappa shape index (κ2) is 8.66. The highest BCUT2D eigenvalue weighted by Gasteiger charge is 2.15. The molecule has 2 aromatic carbocycles. The minimum Gasteiger partial charge on any atom is -0.459 e. The van der Waals surface area contributed by atoms with E-state index >= 15 is 0 Å². The average molecular weight is 415 g/mol. The monoisotopic (exact) mass is 415 g/mol. The maximum Gasteiger partial charge on any atom is 0.291 e. The number of hydrogen-bond acceptors (Lipinski definition) is 5. The van der Waals surface area contributed by atoms with Crippen molar-refractivity contribution < 1.29 is 14.0 Å². The van der Waals surface area contributed by atoms with Gasteiger partial charge in [0.05, 0.1) is 18.0 Å². The van der Waals surface area contributed by atoms with E-state index in [0.717, 1.165) is 16.8 Å². The number of carbonyl (C=O) groups is 2. The van der Waals surface area contributed by atoms with Crippen LogP contribution in [0.5, 0.6) is 0 Å². The molecule has 0 aliphatic rings. The van der Waals surface area contributed by atoms with Gasteiger partial charge in [0.2, 0.25) is 0 Å². The molecule has 0 bridgehead atoms. The number of nitrogens with zero attached hydrogens (tertiary/aromatic N) is 3. The molecular weight excluding hydrogens is 394 g/mol. The number of aryl methyl sites for hydroxylation is 1. The van der Waals surface area contributed by atoms with Crippen LogP contribution in [-0.4, -0.2) is 26.6 Å². The fourth-order valence-corrected chi connectivity index (χ4v) is 3.11. The largest absolute Gasteiger partial charge is 0.459 e. The molecule has 2 heterocycles. The Balaban J connectivity index is 1.45. The van der Waals surface area contributed by atoms with Crippen LogP contribution in [0.15, 0.2) is 77.9 Å². The summed E-state index contributed by atoms with van der Waals surface area (Å²) >= 11 is 0. The van der Waals surface area contributed by atoms with Gasteiger partial charge in [-0.3, -0.25) is 9.59 Å². The minimum atomic E-state index is -0.369. The topological polar surface area (TPSA) is 102 Å². The van der Waals surface area contributed by atoms with E-state index in [-0.39, 0.29) is 23.6 Å². The fourth-order valence-electron chi connectivity index (χ4n) is 3.11. The number of furan rings is 1. The number of nitrogens with one attached hydrogen (secondary N) is 2. The van der Waals surface area contributed by atoms with Gasteiger partial charge in [0.25, 0.3) is 11.8 Å². The van der Waals surface area contributed by atoms with E-state index in [1.165, 1.54) is 12.6 Å². The maximum atomic E-state index is 12.8. The standard InChI is InChI=1S/C23H21N5O3/c1-15-5-6-18(12-20(15)27-23(30)21-4-3-11-31-21)22(29)26-16(2)17-7-9-19(10-8-17)28-14-24-13-25-28/h3-14,16H,1-2H3,(H,26,29)(H,27,30)/t16-/m0/s1. The van der Waals surface area contributed by atoms with Gasteiger partial charge in [-0.2, -0.15) is 5.10 Å². The first-order valence-corrected chi connectivity index (χ1v) is 9.72. The van der Waals surface area contributed by atoms with E-state index in [4.69, 9.17) is 4.42 Å². The van der Waals surface area contributed by atoms with Crippen LogP contribution in [0.25, 0.3) is 5.69 Å². The summed E-state index contributed by atoms with van der Waals surface area (Å²) in [6, 6.07) is 15.9. The smallest absolute Gasteiger partial charge is 0.291 e. The number of rotatable bonds is 6. The Morgan fingerprint density at radius 3 is 2.55 bits per heavy atom. The van der Waals surface area contributed by atoms with Gasteiger partial charge in [-0.25, -0.2) is 9.67 Å². The lowest BCUT2D eigenvalue weighted by molar-refractivity contribution is 0.0938. The highest BCUT2D eigenvalue weighted by atomic mass is 16.3.